The maximum Gasteiger partial charge on any atom is 0.184 e. The SMILES string of the molecule is CO[C@@H](C)c1nc(-c2cnn(C)c2)nn1CC1CCOCC1. The number of hydrogen-bond acceptors (Lipinski definition) is 5. The molecule has 0 radical (unpaired) electrons. The summed E-state index contributed by atoms with van der Waals surface area (Å²) in [5.41, 5.74) is 0.929. The molecule has 3 rings (SSSR count). The second kappa shape index (κ2) is 6.58. The molecule has 1 aliphatic heterocycles. The van der Waals surface area contributed by atoms with Gasteiger partial charge >= 0.3 is 0 Å². The van der Waals surface area contributed by atoms with Crippen molar-refractivity contribution in [1.29, 1.82) is 0 Å². The molecule has 0 bridgehead atoms. The third-order valence-corrected chi connectivity index (χ3v) is 4.15. The van der Waals surface area contributed by atoms with Crippen molar-refractivity contribution >= 4 is 0 Å². The summed E-state index contributed by atoms with van der Waals surface area (Å²) in [5.74, 6) is 2.16. The largest absolute Gasteiger partial charge is 0.381 e. The summed E-state index contributed by atoms with van der Waals surface area (Å²) in [6, 6.07) is 0. The molecule has 22 heavy (non-hydrogen) atoms. The zero-order valence-corrected chi connectivity index (χ0v) is 13.4. The molecule has 0 amide bonds. The highest BCUT2D eigenvalue weighted by Crippen LogP contribution is 2.23. The van der Waals surface area contributed by atoms with Gasteiger partial charge in [-0.1, -0.05) is 0 Å². The van der Waals surface area contributed by atoms with Crippen LogP contribution in [0.3, 0.4) is 0 Å². The maximum atomic E-state index is 5.45. The van der Waals surface area contributed by atoms with E-state index in [-0.39, 0.29) is 6.10 Å². The van der Waals surface area contributed by atoms with Crippen LogP contribution in [0.2, 0.25) is 0 Å². The van der Waals surface area contributed by atoms with E-state index in [2.05, 4.69) is 15.2 Å². The van der Waals surface area contributed by atoms with Gasteiger partial charge in [0.25, 0.3) is 0 Å². The molecule has 1 aliphatic rings. The van der Waals surface area contributed by atoms with E-state index in [1.807, 2.05) is 24.9 Å². The Balaban J connectivity index is 1.87. The Morgan fingerprint density at radius 3 is 2.82 bits per heavy atom. The van der Waals surface area contributed by atoms with Gasteiger partial charge in [0.15, 0.2) is 11.6 Å². The number of hydrogen-bond donors (Lipinski definition) is 0. The van der Waals surface area contributed by atoms with Crippen LogP contribution in [0.15, 0.2) is 12.4 Å². The summed E-state index contributed by atoms with van der Waals surface area (Å²) in [6.07, 6.45) is 5.77. The van der Waals surface area contributed by atoms with Gasteiger partial charge in [0, 0.05) is 40.1 Å². The molecule has 120 valence electrons. The van der Waals surface area contributed by atoms with Crippen molar-refractivity contribution in [3.63, 3.8) is 0 Å². The molecule has 0 aliphatic carbocycles. The Morgan fingerprint density at radius 1 is 1.41 bits per heavy atom. The van der Waals surface area contributed by atoms with Gasteiger partial charge in [0.05, 0.1) is 11.8 Å². The van der Waals surface area contributed by atoms with Gasteiger partial charge in [0.2, 0.25) is 0 Å². The van der Waals surface area contributed by atoms with Gasteiger partial charge in [0.1, 0.15) is 6.10 Å². The van der Waals surface area contributed by atoms with Crippen molar-refractivity contribution in [3.05, 3.63) is 18.2 Å². The smallest absolute Gasteiger partial charge is 0.184 e. The summed E-state index contributed by atoms with van der Waals surface area (Å²) in [6.45, 7) is 4.53. The van der Waals surface area contributed by atoms with Crippen LogP contribution in [0.5, 0.6) is 0 Å². The summed E-state index contributed by atoms with van der Waals surface area (Å²) < 4.78 is 14.6. The lowest BCUT2D eigenvalue weighted by atomic mass is 10.0. The highest BCUT2D eigenvalue weighted by molar-refractivity contribution is 5.51. The quantitative estimate of drug-likeness (QED) is 0.843. The second-order valence-electron chi connectivity index (χ2n) is 5.81. The average molecular weight is 305 g/mol. The average Bonchev–Trinajstić information content (AvgIpc) is 3.14. The fraction of sp³-hybridized carbons (Fsp3) is 0.667. The topological polar surface area (TPSA) is 67.0 Å². The first-order chi connectivity index (χ1) is 10.7. The molecular weight excluding hydrogens is 282 g/mol. The Kier molecular flexibility index (Phi) is 4.54. The van der Waals surface area contributed by atoms with E-state index < -0.39 is 0 Å². The zero-order chi connectivity index (χ0) is 15.5. The third kappa shape index (κ3) is 3.20. The minimum atomic E-state index is -0.0854. The molecule has 0 aromatic carbocycles. The van der Waals surface area contributed by atoms with E-state index in [4.69, 9.17) is 9.47 Å². The van der Waals surface area contributed by atoms with Crippen LogP contribution in [-0.4, -0.2) is 44.9 Å². The van der Waals surface area contributed by atoms with E-state index >= 15 is 0 Å². The fourth-order valence-electron chi connectivity index (χ4n) is 2.73. The standard InChI is InChI=1S/C15H23N5O2/c1-11(21-3)15-17-14(13-8-16-19(2)10-13)18-20(15)9-12-4-6-22-7-5-12/h8,10-12H,4-7,9H2,1-3H3/t11-/m0/s1. The molecule has 3 heterocycles. The highest BCUT2D eigenvalue weighted by atomic mass is 16.5. The zero-order valence-electron chi connectivity index (χ0n) is 13.4. The maximum absolute atomic E-state index is 5.45. The van der Waals surface area contributed by atoms with Gasteiger partial charge in [-0.3, -0.25) is 4.68 Å². The van der Waals surface area contributed by atoms with Crippen molar-refractivity contribution in [1.82, 2.24) is 24.5 Å². The molecule has 0 spiro atoms. The van der Waals surface area contributed by atoms with Crippen LogP contribution < -0.4 is 0 Å². The Hall–Kier alpha value is -1.73. The lowest BCUT2D eigenvalue weighted by Crippen LogP contribution is -2.22. The summed E-state index contributed by atoms with van der Waals surface area (Å²) in [4.78, 5) is 4.67. The molecular formula is C15H23N5O2. The molecule has 1 saturated heterocycles. The second-order valence-corrected chi connectivity index (χ2v) is 5.81. The summed E-state index contributed by atoms with van der Waals surface area (Å²) in [5, 5.41) is 8.88. The van der Waals surface area contributed by atoms with Crippen molar-refractivity contribution in [3.8, 4) is 11.4 Å². The minimum absolute atomic E-state index is 0.0854. The number of aryl methyl sites for hydroxylation is 1. The predicted molar refractivity (Wildman–Crippen MR) is 81.2 cm³/mol. The van der Waals surface area contributed by atoms with Gasteiger partial charge < -0.3 is 9.47 Å². The molecule has 7 nitrogen and oxygen atoms in total. The van der Waals surface area contributed by atoms with E-state index in [1.165, 1.54) is 0 Å². The van der Waals surface area contributed by atoms with Crippen molar-refractivity contribution in [2.24, 2.45) is 13.0 Å². The summed E-state index contributed by atoms with van der Waals surface area (Å²) >= 11 is 0. The van der Waals surface area contributed by atoms with Crippen LogP contribution in [0.25, 0.3) is 11.4 Å². The van der Waals surface area contributed by atoms with Crippen molar-refractivity contribution < 1.29 is 9.47 Å². The molecule has 1 atom stereocenters. The molecule has 0 N–H and O–H groups in total. The van der Waals surface area contributed by atoms with Gasteiger partial charge in [-0.2, -0.15) is 10.2 Å². The van der Waals surface area contributed by atoms with Crippen molar-refractivity contribution in [2.45, 2.75) is 32.4 Å². The van der Waals surface area contributed by atoms with Crippen LogP contribution in [0.4, 0.5) is 0 Å². The van der Waals surface area contributed by atoms with Crippen LogP contribution in [0.1, 0.15) is 31.7 Å². The molecule has 2 aromatic rings. The van der Waals surface area contributed by atoms with E-state index in [0.29, 0.717) is 11.7 Å². The number of aromatic nitrogens is 5. The summed E-state index contributed by atoms with van der Waals surface area (Å²) in [7, 11) is 3.59. The number of methoxy groups -OCH3 is 1. The first-order valence-corrected chi connectivity index (χ1v) is 7.71. The Morgan fingerprint density at radius 2 is 2.18 bits per heavy atom. The number of rotatable bonds is 5. The van der Waals surface area contributed by atoms with Crippen LogP contribution in [-0.2, 0) is 23.1 Å². The van der Waals surface area contributed by atoms with Crippen LogP contribution >= 0.6 is 0 Å². The normalized spacial score (nSPS) is 17.8. The van der Waals surface area contributed by atoms with E-state index in [1.54, 1.807) is 18.0 Å². The first-order valence-electron chi connectivity index (χ1n) is 7.71. The number of nitrogens with zero attached hydrogens (tertiary/aromatic N) is 5. The highest BCUT2D eigenvalue weighted by Gasteiger charge is 2.21. The Labute approximate surface area is 130 Å². The fourth-order valence-corrected chi connectivity index (χ4v) is 2.73. The monoisotopic (exact) mass is 305 g/mol. The minimum Gasteiger partial charge on any atom is -0.381 e. The predicted octanol–water partition coefficient (Wildman–Crippen LogP) is 1.81. The molecule has 0 saturated carbocycles. The van der Waals surface area contributed by atoms with Gasteiger partial charge in [-0.25, -0.2) is 9.67 Å². The number of ether oxygens (including phenoxy) is 2. The third-order valence-electron chi connectivity index (χ3n) is 4.15. The molecule has 0 unspecified atom stereocenters. The Bertz CT molecular complexity index is 615. The first kappa shape index (κ1) is 15.2. The molecule has 1 fully saturated rings. The lowest BCUT2D eigenvalue weighted by molar-refractivity contribution is 0.0573. The van der Waals surface area contributed by atoms with Gasteiger partial charge in [-0.15, -0.1) is 0 Å². The molecule has 7 heteroatoms. The van der Waals surface area contributed by atoms with Crippen molar-refractivity contribution in [2.75, 3.05) is 20.3 Å². The van der Waals surface area contributed by atoms with E-state index in [9.17, 15) is 0 Å². The lowest BCUT2D eigenvalue weighted by Gasteiger charge is -2.22. The van der Waals surface area contributed by atoms with Crippen LogP contribution in [0, 0.1) is 5.92 Å². The van der Waals surface area contributed by atoms with Gasteiger partial charge in [-0.05, 0) is 25.7 Å². The van der Waals surface area contributed by atoms with E-state index in [0.717, 1.165) is 44.0 Å². The molecule has 2 aromatic heterocycles.